The van der Waals surface area contributed by atoms with Crippen LogP contribution in [-0.2, 0) is 24.4 Å². The van der Waals surface area contributed by atoms with Crippen LogP contribution in [0.2, 0.25) is 0 Å². The molecular weight excluding hydrogens is 330 g/mol. The zero-order valence-electron chi connectivity index (χ0n) is 14.8. The lowest BCUT2D eigenvalue weighted by Gasteiger charge is -2.21. The number of nitrogens with one attached hydrogen (secondary N) is 1. The van der Waals surface area contributed by atoms with Crippen LogP contribution in [0.5, 0.6) is 0 Å². The smallest absolute Gasteiger partial charge is 0.242 e. The minimum atomic E-state index is -0.152. The van der Waals surface area contributed by atoms with E-state index >= 15 is 0 Å². The number of rotatable bonds is 7. The average molecular weight is 351 g/mol. The highest BCUT2D eigenvalue weighted by molar-refractivity contribution is 5.75. The Bertz CT molecular complexity index is 863. The summed E-state index contributed by atoms with van der Waals surface area (Å²) in [6, 6.07) is 14.0. The van der Waals surface area contributed by atoms with Crippen LogP contribution in [0.3, 0.4) is 0 Å². The highest BCUT2D eigenvalue weighted by Gasteiger charge is 2.12. The summed E-state index contributed by atoms with van der Waals surface area (Å²) in [5.74, 6) is 1.29. The first-order chi connectivity index (χ1) is 12.6. The topological polar surface area (TPSA) is 88.8 Å². The monoisotopic (exact) mass is 351 g/mol. The van der Waals surface area contributed by atoms with Crippen molar-refractivity contribution < 1.29 is 4.79 Å². The number of hydrogen-bond acceptors (Lipinski definition) is 6. The molecule has 2 heterocycles. The third kappa shape index (κ3) is 4.41. The molecule has 0 atom stereocenters. The molecule has 0 aliphatic carbocycles. The minimum absolute atomic E-state index is 0.0916. The number of amides is 1. The van der Waals surface area contributed by atoms with Crippen molar-refractivity contribution in [2.24, 2.45) is 0 Å². The predicted molar refractivity (Wildman–Crippen MR) is 97.2 cm³/mol. The number of carbonyl (C=O) groups excluding carboxylic acids is 1. The van der Waals surface area contributed by atoms with Crippen LogP contribution in [0, 0.1) is 6.92 Å². The highest BCUT2D eigenvalue weighted by Crippen LogP contribution is 2.18. The van der Waals surface area contributed by atoms with Gasteiger partial charge in [0.2, 0.25) is 5.91 Å². The zero-order chi connectivity index (χ0) is 18.4. The number of anilines is 1. The lowest BCUT2D eigenvalue weighted by atomic mass is 10.2. The zero-order valence-corrected chi connectivity index (χ0v) is 14.8. The van der Waals surface area contributed by atoms with Crippen molar-refractivity contribution in [1.82, 2.24) is 30.5 Å². The standard InChI is InChI=1S/C18H21N7O/c1-14-21-22-23-25(14)13-17(26)20-11-16-9-6-10-19-18(16)24(2)12-15-7-4-3-5-8-15/h3-10H,11-13H2,1-2H3,(H,20,26). The molecule has 0 aliphatic rings. The summed E-state index contributed by atoms with van der Waals surface area (Å²) in [4.78, 5) is 18.7. The molecular formula is C18H21N7O. The number of aryl methyl sites for hydroxylation is 1. The third-order valence-electron chi connectivity index (χ3n) is 3.97. The fourth-order valence-corrected chi connectivity index (χ4v) is 2.63. The molecule has 1 amide bonds. The van der Waals surface area contributed by atoms with Gasteiger partial charge in [0.25, 0.3) is 0 Å². The first-order valence-electron chi connectivity index (χ1n) is 8.32. The molecule has 0 spiro atoms. The second kappa shape index (κ2) is 8.19. The summed E-state index contributed by atoms with van der Waals surface area (Å²) in [5, 5.41) is 14.0. The Kier molecular flexibility index (Phi) is 5.52. The Balaban J connectivity index is 1.63. The van der Waals surface area contributed by atoms with Crippen LogP contribution in [0.1, 0.15) is 17.0 Å². The van der Waals surface area contributed by atoms with Crippen LogP contribution >= 0.6 is 0 Å². The van der Waals surface area contributed by atoms with Crippen molar-refractivity contribution in [3.05, 3.63) is 65.6 Å². The summed E-state index contributed by atoms with van der Waals surface area (Å²) in [6.07, 6.45) is 1.76. The minimum Gasteiger partial charge on any atom is -0.355 e. The molecule has 0 saturated heterocycles. The number of aromatic nitrogens is 5. The predicted octanol–water partition coefficient (Wildman–Crippen LogP) is 1.33. The number of tetrazole rings is 1. The fourth-order valence-electron chi connectivity index (χ4n) is 2.63. The normalized spacial score (nSPS) is 10.5. The molecule has 0 fully saturated rings. The number of carbonyl (C=O) groups is 1. The summed E-state index contributed by atoms with van der Waals surface area (Å²) in [7, 11) is 1.99. The lowest BCUT2D eigenvalue weighted by molar-refractivity contribution is -0.122. The SMILES string of the molecule is Cc1nnnn1CC(=O)NCc1cccnc1N(C)Cc1ccccc1. The van der Waals surface area contributed by atoms with Crippen molar-refractivity contribution in [2.45, 2.75) is 26.6 Å². The summed E-state index contributed by atoms with van der Waals surface area (Å²) in [5.41, 5.74) is 2.15. The Hall–Kier alpha value is -3.29. The Morgan fingerprint density at radius 2 is 2.00 bits per heavy atom. The molecule has 0 radical (unpaired) electrons. The summed E-state index contributed by atoms with van der Waals surface area (Å²) in [6.45, 7) is 2.98. The molecule has 3 aromatic rings. The lowest BCUT2D eigenvalue weighted by Crippen LogP contribution is -2.29. The fraction of sp³-hybridized carbons (Fsp3) is 0.278. The summed E-state index contributed by atoms with van der Waals surface area (Å²) >= 11 is 0. The number of hydrogen-bond donors (Lipinski definition) is 1. The Labute approximate surface area is 151 Å². The van der Waals surface area contributed by atoms with E-state index in [0.29, 0.717) is 12.4 Å². The van der Waals surface area contributed by atoms with Crippen molar-refractivity contribution in [2.75, 3.05) is 11.9 Å². The van der Waals surface area contributed by atoms with Gasteiger partial charge < -0.3 is 10.2 Å². The van der Waals surface area contributed by atoms with Gasteiger partial charge in [0.15, 0.2) is 0 Å². The third-order valence-corrected chi connectivity index (χ3v) is 3.97. The van der Waals surface area contributed by atoms with E-state index in [2.05, 4.69) is 42.9 Å². The van der Waals surface area contributed by atoms with Crippen LogP contribution in [0.25, 0.3) is 0 Å². The molecule has 0 bridgehead atoms. The molecule has 1 aromatic carbocycles. The van der Waals surface area contributed by atoms with Crippen LogP contribution < -0.4 is 10.2 Å². The van der Waals surface area contributed by atoms with Gasteiger partial charge in [0, 0.05) is 31.9 Å². The second-order valence-electron chi connectivity index (χ2n) is 5.99. The van der Waals surface area contributed by atoms with Crippen molar-refractivity contribution in [1.29, 1.82) is 0 Å². The first kappa shape index (κ1) is 17.5. The van der Waals surface area contributed by atoms with Crippen LogP contribution in [0.4, 0.5) is 5.82 Å². The molecule has 8 heteroatoms. The average Bonchev–Trinajstić information content (AvgIpc) is 3.05. The molecule has 0 unspecified atom stereocenters. The van der Waals surface area contributed by atoms with E-state index < -0.39 is 0 Å². The maximum atomic E-state index is 12.1. The molecule has 0 aliphatic heterocycles. The van der Waals surface area contributed by atoms with Gasteiger partial charge in [0.05, 0.1) is 0 Å². The van der Waals surface area contributed by atoms with Gasteiger partial charge in [0.1, 0.15) is 18.2 Å². The Morgan fingerprint density at radius 1 is 1.19 bits per heavy atom. The summed E-state index contributed by atoms with van der Waals surface area (Å²) < 4.78 is 1.46. The van der Waals surface area contributed by atoms with E-state index in [-0.39, 0.29) is 12.5 Å². The largest absolute Gasteiger partial charge is 0.355 e. The van der Waals surface area contributed by atoms with E-state index in [0.717, 1.165) is 17.9 Å². The first-order valence-corrected chi connectivity index (χ1v) is 8.32. The maximum absolute atomic E-state index is 12.1. The van der Waals surface area contributed by atoms with Crippen LogP contribution in [0.15, 0.2) is 48.7 Å². The molecule has 0 saturated carbocycles. The molecule has 3 rings (SSSR count). The number of benzene rings is 1. The molecule has 8 nitrogen and oxygen atoms in total. The van der Waals surface area contributed by atoms with Gasteiger partial charge >= 0.3 is 0 Å². The Morgan fingerprint density at radius 3 is 2.73 bits per heavy atom. The number of pyridine rings is 1. The van der Waals surface area contributed by atoms with E-state index in [1.807, 2.05) is 37.4 Å². The van der Waals surface area contributed by atoms with Gasteiger partial charge in [-0.3, -0.25) is 4.79 Å². The quantitative estimate of drug-likeness (QED) is 0.691. The molecule has 26 heavy (non-hydrogen) atoms. The van der Waals surface area contributed by atoms with E-state index in [9.17, 15) is 4.79 Å². The second-order valence-corrected chi connectivity index (χ2v) is 5.99. The highest BCUT2D eigenvalue weighted by atomic mass is 16.2. The van der Waals surface area contributed by atoms with Crippen LogP contribution in [-0.4, -0.2) is 38.1 Å². The van der Waals surface area contributed by atoms with E-state index in [4.69, 9.17) is 0 Å². The van der Waals surface area contributed by atoms with Crippen molar-refractivity contribution >= 4 is 11.7 Å². The van der Waals surface area contributed by atoms with Gasteiger partial charge in [-0.2, -0.15) is 0 Å². The van der Waals surface area contributed by atoms with Gasteiger partial charge in [-0.25, -0.2) is 9.67 Å². The molecule has 1 N–H and O–H groups in total. The van der Waals surface area contributed by atoms with E-state index in [1.165, 1.54) is 10.2 Å². The van der Waals surface area contributed by atoms with Gasteiger partial charge in [-0.15, -0.1) is 5.10 Å². The maximum Gasteiger partial charge on any atom is 0.242 e. The van der Waals surface area contributed by atoms with Gasteiger partial charge in [-0.05, 0) is 29.0 Å². The number of nitrogens with zero attached hydrogens (tertiary/aromatic N) is 6. The van der Waals surface area contributed by atoms with E-state index in [1.54, 1.807) is 13.1 Å². The van der Waals surface area contributed by atoms with Crippen molar-refractivity contribution in [3.8, 4) is 0 Å². The van der Waals surface area contributed by atoms with Crippen molar-refractivity contribution in [3.63, 3.8) is 0 Å². The van der Waals surface area contributed by atoms with Gasteiger partial charge in [-0.1, -0.05) is 36.4 Å². The molecule has 2 aromatic heterocycles. The molecule has 134 valence electrons.